The molecular weight excluding hydrogens is 421 g/mol. The van der Waals surface area contributed by atoms with Crippen LogP contribution in [0.15, 0.2) is 48.5 Å². The number of nitrogens with zero attached hydrogens (tertiary/aromatic N) is 2. The predicted molar refractivity (Wildman–Crippen MR) is 116 cm³/mol. The highest BCUT2D eigenvalue weighted by Crippen LogP contribution is 2.13. The third-order valence-electron chi connectivity index (χ3n) is 5.08. The van der Waals surface area contributed by atoms with E-state index in [9.17, 15) is 17.6 Å². The van der Waals surface area contributed by atoms with Gasteiger partial charge in [-0.05, 0) is 17.2 Å². The summed E-state index contributed by atoms with van der Waals surface area (Å²) in [5.74, 6) is -0.950. The third kappa shape index (κ3) is 7.39. The number of hydrogen-bond donors (Lipinski definition) is 1. The molecule has 1 saturated heterocycles. The zero-order chi connectivity index (χ0) is 22.3. The Morgan fingerprint density at radius 1 is 1.13 bits per heavy atom. The van der Waals surface area contributed by atoms with Crippen molar-refractivity contribution in [2.45, 2.75) is 19.6 Å². The van der Waals surface area contributed by atoms with E-state index in [0.717, 1.165) is 54.5 Å². The highest BCUT2D eigenvalue weighted by Gasteiger charge is 2.21. The lowest BCUT2D eigenvalue weighted by molar-refractivity contribution is -0.121. The molecule has 3 rings (SSSR count). The molecule has 0 radical (unpaired) electrons. The van der Waals surface area contributed by atoms with Gasteiger partial charge in [0.05, 0.1) is 26.0 Å². The highest BCUT2D eigenvalue weighted by molar-refractivity contribution is 7.88. The van der Waals surface area contributed by atoms with Crippen molar-refractivity contribution in [3.63, 3.8) is 0 Å². The van der Waals surface area contributed by atoms with Crippen molar-refractivity contribution in [3.05, 3.63) is 71.0 Å². The van der Waals surface area contributed by atoms with Crippen molar-refractivity contribution in [2.75, 3.05) is 39.1 Å². The molecule has 0 unspecified atom stereocenters. The molecule has 0 bridgehead atoms. The van der Waals surface area contributed by atoms with Gasteiger partial charge >= 0.3 is 0 Å². The first-order chi connectivity index (χ1) is 14.8. The van der Waals surface area contributed by atoms with Gasteiger partial charge in [-0.15, -0.1) is 0 Å². The second kappa shape index (κ2) is 10.8. The summed E-state index contributed by atoms with van der Waals surface area (Å²) < 4.78 is 44.5. The van der Waals surface area contributed by atoms with Gasteiger partial charge in [-0.2, -0.15) is 4.31 Å². The van der Waals surface area contributed by atoms with Crippen molar-refractivity contribution in [2.24, 2.45) is 0 Å². The molecule has 1 amide bonds. The lowest BCUT2D eigenvalue weighted by Gasteiger charge is -2.26. The summed E-state index contributed by atoms with van der Waals surface area (Å²) >= 11 is 0. The zero-order valence-electron chi connectivity index (χ0n) is 17.6. The molecule has 9 heteroatoms. The van der Waals surface area contributed by atoms with Crippen LogP contribution in [-0.4, -0.2) is 62.6 Å². The molecule has 1 fully saturated rings. The van der Waals surface area contributed by atoms with Crippen LogP contribution in [0.1, 0.15) is 16.7 Å². The fourth-order valence-corrected chi connectivity index (χ4v) is 4.10. The number of morpholine rings is 1. The molecule has 0 aliphatic carbocycles. The van der Waals surface area contributed by atoms with Gasteiger partial charge in [-0.1, -0.05) is 42.5 Å². The Labute approximate surface area is 182 Å². The summed E-state index contributed by atoms with van der Waals surface area (Å²) in [7, 11) is -3.69. The molecule has 1 aliphatic heterocycles. The van der Waals surface area contributed by atoms with E-state index in [1.54, 1.807) is 6.07 Å². The number of ether oxygens (including phenoxy) is 1. The molecule has 0 atom stereocenters. The molecule has 2 aromatic carbocycles. The molecule has 31 heavy (non-hydrogen) atoms. The van der Waals surface area contributed by atoms with Gasteiger partial charge in [0.15, 0.2) is 0 Å². The van der Waals surface area contributed by atoms with E-state index >= 15 is 0 Å². The van der Waals surface area contributed by atoms with Gasteiger partial charge in [0.2, 0.25) is 15.9 Å². The quantitative estimate of drug-likeness (QED) is 0.631. The topological polar surface area (TPSA) is 79.0 Å². The van der Waals surface area contributed by atoms with Crippen molar-refractivity contribution in [3.8, 4) is 0 Å². The number of amides is 1. The molecular formula is C22H28FN3O4S. The standard InChI is InChI=1S/C22H28FN3O4S/c1-31(28,29)26(16-20-7-2-3-8-21(20)23)17-22(27)24-14-18-5-4-6-19(13-18)15-25-9-11-30-12-10-25/h2-8,13H,9-12,14-17H2,1H3,(H,24,27). The number of sulfonamides is 1. The molecule has 168 valence electrons. The third-order valence-corrected chi connectivity index (χ3v) is 6.28. The minimum absolute atomic E-state index is 0.200. The molecule has 2 aromatic rings. The smallest absolute Gasteiger partial charge is 0.235 e. The summed E-state index contributed by atoms with van der Waals surface area (Å²) in [6.45, 7) is 3.78. The highest BCUT2D eigenvalue weighted by atomic mass is 32.2. The minimum Gasteiger partial charge on any atom is -0.379 e. The van der Waals surface area contributed by atoms with Gasteiger partial charge in [-0.3, -0.25) is 9.69 Å². The number of carbonyl (C=O) groups is 1. The van der Waals surface area contributed by atoms with E-state index in [-0.39, 0.29) is 25.2 Å². The van der Waals surface area contributed by atoms with E-state index < -0.39 is 21.7 Å². The number of hydrogen-bond acceptors (Lipinski definition) is 5. The van der Waals surface area contributed by atoms with Gasteiger partial charge in [0.25, 0.3) is 0 Å². The van der Waals surface area contributed by atoms with Crippen LogP contribution in [0.4, 0.5) is 4.39 Å². The van der Waals surface area contributed by atoms with Crippen LogP contribution in [0.3, 0.4) is 0 Å². The Balaban J connectivity index is 1.56. The minimum atomic E-state index is -3.69. The summed E-state index contributed by atoms with van der Waals surface area (Å²) in [5.41, 5.74) is 2.29. The van der Waals surface area contributed by atoms with Crippen molar-refractivity contribution < 1.29 is 22.3 Å². The number of halogens is 1. The first kappa shape index (κ1) is 23.3. The van der Waals surface area contributed by atoms with Crippen LogP contribution in [0.5, 0.6) is 0 Å². The predicted octanol–water partition coefficient (Wildman–Crippen LogP) is 1.74. The second-order valence-corrected chi connectivity index (χ2v) is 9.59. The Morgan fingerprint density at radius 3 is 2.55 bits per heavy atom. The maximum atomic E-state index is 13.9. The molecule has 0 saturated carbocycles. The van der Waals surface area contributed by atoms with E-state index in [1.807, 2.05) is 24.3 Å². The lowest BCUT2D eigenvalue weighted by atomic mass is 10.1. The van der Waals surface area contributed by atoms with Gasteiger partial charge in [-0.25, -0.2) is 12.8 Å². The summed E-state index contributed by atoms with van der Waals surface area (Å²) in [5, 5.41) is 2.76. The lowest BCUT2D eigenvalue weighted by Crippen LogP contribution is -2.39. The maximum absolute atomic E-state index is 13.9. The average molecular weight is 450 g/mol. The Morgan fingerprint density at radius 2 is 1.84 bits per heavy atom. The molecule has 1 N–H and O–H groups in total. The Hall–Kier alpha value is -2.33. The monoisotopic (exact) mass is 449 g/mol. The number of nitrogens with one attached hydrogen (secondary N) is 1. The second-order valence-electron chi connectivity index (χ2n) is 7.61. The molecule has 1 heterocycles. The first-order valence-electron chi connectivity index (χ1n) is 10.1. The van der Waals surface area contributed by atoms with Crippen molar-refractivity contribution >= 4 is 15.9 Å². The van der Waals surface area contributed by atoms with E-state index in [4.69, 9.17) is 4.74 Å². The fraction of sp³-hybridized carbons (Fsp3) is 0.409. The first-order valence-corrected chi connectivity index (χ1v) is 12.0. The average Bonchev–Trinajstić information content (AvgIpc) is 2.74. The van der Waals surface area contributed by atoms with E-state index in [1.165, 1.54) is 18.2 Å². The van der Waals surface area contributed by atoms with Gasteiger partial charge in [0.1, 0.15) is 5.82 Å². The molecule has 0 spiro atoms. The van der Waals surface area contributed by atoms with Gasteiger partial charge in [0, 0.05) is 38.3 Å². The summed E-state index contributed by atoms with van der Waals surface area (Å²) in [6.07, 6.45) is 1.01. The number of carbonyl (C=O) groups excluding carboxylic acids is 1. The van der Waals surface area contributed by atoms with Crippen LogP contribution < -0.4 is 5.32 Å². The van der Waals surface area contributed by atoms with Crippen LogP contribution in [0.25, 0.3) is 0 Å². The van der Waals surface area contributed by atoms with Crippen molar-refractivity contribution in [1.29, 1.82) is 0 Å². The van der Waals surface area contributed by atoms with Crippen LogP contribution in [-0.2, 0) is 39.2 Å². The van der Waals surface area contributed by atoms with Crippen molar-refractivity contribution in [1.82, 2.24) is 14.5 Å². The SMILES string of the molecule is CS(=O)(=O)N(CC(=O)NCc1cccc(CN2CCOCC2)c1)Cc1ccccc1F. The molecule has 1 aliphatic rings. The summed E-state index contributed by atoms with van der Waals surface area (Å²) in [6, 6.07) is 13.9. The Kier molecular flexibility index (Phi) is 8.14. The normalized spacial score (nSPS) is 15.2. The van der Waals surface area contributed by atoms with Gasteiger partial charge < -0.3 is 10.1 Å². The number of rotatable bonds is 9. The summed E-state index contributed by atoms with van der Waals surface area (Å²) in [4.78, 5) is 14.7. The Bertz CT molecular complexity index is 994. The number of benzene rings is 2. The fourth-order valence-electron chi connectivity index (χ4n) is 3.38. The maximum Gasteiger partial charge on any atom is 0.235 e. The van der Waals surface area contributed by atoms with E-state index in [0.29, 0.717) is 0 Å². The molecule has 0 aromatic heterocycles. The zero-order valence-corrected chi connectivity index (χ0v) is 18.4. The van der Waals surface area contributed by atoms with Crippen LogP contribution in [0, 0.1) is 5.82 Å². The molecule has 7 nitrogen and oxygen atoms in total. The van der Waals surface area contributed by atoms with Crippen LogP contribution >= 0.6 is 0 Å². The largest absolute Gasteiger partial charge is 0.379 e. The van der Waals surface area contributed by atoms with Crippen LogP contribution in [0.2, 0.25) is 0 Å². The van der Waals surface area contributed by atoms with E-state index in [2.05, 4.69) is 10.2 Å².